The van der Waals surface area contributed by atoms with Crippen LogP contribution < -0.4 is 0 Å². The quantitative estimate of drug-likeness (QED) is 0.0196. The molecule has 0 bridgehead atoms. The Labute approximate surface area is 458 Å². The molecule has 0 radical (unpaired) electrons. The predicted octanol–water partition coefficient (Wildman–Crippen LogP) is 15.4. The van der Waals surface area contributed by atoms with Crippen LogP contribution in [-0.4, -0.2) is 97.5 Å². The van der Waals surface area contributed by atoms with Crippen LogP contribution in [0.1, 0.15) is 251 Å². The van der Waals surface area contributed by atoms with Gasteiger partial charge in [0.15, 0.2) is 6.29 Å². The Morgan fingerprint density at radius 2 is 0.920 bits per heavy atom. The molecule has 6 atom stereocenters. The van der Waals surface area contributed by atoms with E-state index in [0.717, 1.165) is 96.3 Å². The average Bonchev–Trinajstić information content (AvgIpc) is 3.39. The zero-order chi connectivity index (χ0) is 54.6. The highest BCUT2D eigenvalue weighted by molar-refractivity contribution is 7.80. The third-order valence-corrected chi connectivity index (χ3v) is 14.1. The van der Waals surface area contributed by atoms with Crippen LogP contribution in [0, 0.1) is 0 Å². The van der Waals surface area contributed by atoms with Gasteiger partial charge < -0.3 is 34.3 Å². The summed E-state index contributed by atoms with van der Waals surface area (Å²) in [5.74, 6) is -0.411. The van der Waals surface area contributed by atoms with Gasteiger partial charge in [0.1, 0.15) is 30.5 Å². The van der Waals surface area contributed by atoms with E-state index < -0.39 is 59.8 Å². The molecule has 12 nitrogen and oxygen atoms in total. The van der Waals surface area contributed by atoms with E-state index in [1.54, 1.807) is 0 Å². The van der Waals surface area contributed by atoms with Crippen LogP contribution in [0.4, 0.5) is 0 Å². The highest BCUT2D eigenvalue weighted by Gasteiger charge is 2.48. The number of hydrogen-bond donors (Lipinski definition) is 4. The van der Waals surface area contributed by atoms with Crippen molar-refractivity contribution in [1.29, 1.82) is 0 Å². The van der Waals surface area contributed by atoms with Gasteiger partial charge in [-0.15, -0.1) is 0 Å². The second-order valence-corrected chi connectivity index (χ2v) is 21.6. The van der Waals surface area contributed by atoms with Gasteiger partial charge in [0, 0.05) is 13.0 Å². The highest BCUT2D eigenvalue weighted by atomic mass is 32.3. The van der Waals surface area contributed by atoms with Crippen molar-refractivity contribution in [2.24, 2.45) is 0 Å². The number of esters is 1. The molecule has 6 unspecified atom stereocenters. The van der Waals surface area contributed by atoms with Crippen LogP contribution in [0.25, 0.3) is 0 Å². The van der Waals surface area contributed by atoms with Crippen molar-refractivity contribution in [2.45, 2.75) is 288 Å². The lowest BCUT2D eigenvalue weighted by Gasteiger charge is -2.41. The van der Waals surface area contributed by atoms with Crippen LogP contribution in [0.2, 0.25) is 0 Å². The largest absolute Gasteiger partial charge is 0.457 e. The number of rotatable bonds is 53. The summed E-state index contributed by atoms with van der Waals surface area (Å²) in [6.45, 7) is 3.90. The Morgan fingerprint density at radius 3 is 1.35 bits per heavy atom. The molecular formula is C62H110O12S. The molecule has 1 aliphatic heterocycles. The summed E-state index contributed by atoms with van der Waals surface area (Å²) in [7, 11) is -5.07. The number of unbranched alkanes of at least 4 members (excludes halogenated alkanes) is 28. The lowest BCUT2D eigenvalue weighted by molar-refractivity contribution is -0.301. The predicted molar refractivity (Wildman–Crippen MR) is 308 cm³/mol. The second kappa shape index (κ2) is 52.3. The minimum atomic E-state index is -5.07. The second-order valence-electron chi connectivity index (χ2n) is 20.6. The SMILES string of the molecule is CC/C=C\C/C=C\C/C=C\C/C=C\C/C=C\C/C=C\CCCCCCCCC(=O)OC(COCCCCCCCCCCCCCCCCCCCCCCCCC)COC1OC(CO)C(O)C(OS(=O)(=O)O)C1O. The molecule has 436 valence electrons. The topological polar surface area (TPSA) is 178 Å². The molecule has 0 spiro atoms. The lowest BCUT2D eigenvalue weighted by Crippen LogP contribution is -2.60. The van der Waals surface area contributed by atoms with Gasteiger partial charge in [-0.05, 0) is 64.2 Å². The standard InChI is InChI=1S/C62H110O12S/c1-3-5-7-9-11-13-15-17-19-21-23-25-27-28-29-31-33-35-37-39-41-43-45-47-49-51-58(64)72-56(55-71-62-60(66)61(74-75(67,68)69)59(65)57(53-63)73-62)54-70-52-50-48-46-44-42-40-38-36-34-32-30-26-24-22-20-18-16-14-12-10-8-6-4-2/h5,7,11,13,17,19,23,25,28-29,33,35,56-57,59-63,65-66H,3-4,6,8-10,12,14-16,18,20-22,24,26-27,30-32,34,36-55H2,1-2H3,(H,67,68,69)/b7-5-,13-11-,19-17-,25-23-,29-28-,35-33-. The van der Waals surface area contributed by atoms with Crippen molar-refractivity contribution in [1.82, 2.24) is 0 Å². The van der Waals surface area contributed by atoms with E-state index in [1.165, 1.54) is 128 Å². The molecule has 0 aromatic heterocycles. The Hall–Kier alpha value is -2.46. The Balaban J connectivity index is 2.30. The molecule has 1 saturated heterocycles. The van der Waals surface area contributed by atoms with Crippen LogP contribution in [0.3, 0.4) is 0 Å². The van der Waals surface area contributed by atoms with E-state index in [0.29, 0.717) is 13.0 Å². The maximum absolute atomic E-state index is 13.0. The van der Waals surface area contributed by atoms with E-state index in [9.17, 15) is 33.1 Å². The molecule has 1 fully saturated rings. The first-order chi connectivity index (χ1) is 36.6. The van der Waals surface area contributed by atoms with Crippen molar-refractivity contribution in [3.8, 4) is 0 Å². The first kappa shape index (κ1) is 70.6. The molecule has 0 aliphatic carbocycles. The van der Waals surface area contributed by atoms with Crippen molar-refractivity contribution in [3.05, 3.63) is 72.9 Å². The first-order valence-electron chi connectivity index (χ1n) is 30.2. The zero-order valence-corrected chi connectivity index (χ0v) is 48.2. The molecule has 1 aliphatic rings. The third-order valence-electron chi connectivity index (χ3n) is 13.6. The van der Waals surface area contributed by atoms with Crippen LogP contribution in [0.15, 0.2) is 72.9 Å². The average molecular weight is 1080 g/mol. The van der Waals surface area contributed by atoms with Gasteiger partial charge in [0.05, 0.1) is 19.8 Å². The van der Waals surface area contributed by atoms with Gasteiger partial charge in [-0.3, -0.25) is 9.35 Å². The minimum absolute atomic E-state index is 0.0294. The summed E-state index contributed by atoms with van der Waals surface area (Å²) >= 11 is 0. The van der Waals surface area contributed by atoms with E-state index >= 15 is 0 Å². The fourth-order valence-corrected chi connectivity index (χ4v) is 9.60. The van der Waals surface area contributed by atoms with Gasteiger partial charge in [-0.25, -0.2) is 4.18 Å². The maximum Gasteiger partial charge on any atom is 0.397 e. The number of aliphatic hydroxyl groups is 3. The van der Waals surface area contributed by atoms with Crippen molar-refractivity contribution < 1.29 is 56.2 Å². The summed E-state index contributed by atoms with van der Waals surface area (Å²) in [6, 6.07) is 0. The molecular weight excluding hydrogens is 969 g/mol. The van der Waals surface area contributed by atoms with Crippen molar-refractivity contribution in [3.63, 3.8) is 0 Å². The Morgan fingerprint density at radius 1 is 0.520 bits per heavy atom. The third kappa shape index (κ3) is 45.1. The van der Waals surface area contributed by atoms with Gasteiger partial charge in [-0.2, -0.15) is 8.42 Å². The molecule has 0 aromatic carbocycles. The van der Waals surface area contributed by atoms with Gasteiger partial charge >= 0.3 is 16.4 Å². The lowest BCUT2D eigenvalue weighted by atomic mass is 9.99. The number of aliphatic hydroxyl groups excluding tert-OH is 3. The number of ether oxygens (including phenoxy) is 4. The number of carbonyl (C=O) groups is 1. The summed E-state index contributed by atoms with van der Waals surface area (Å²) in [5.41, 5.74) is 0. The van der Waals surface area contributed by atoms with Crippen LogP contribution >= 0.6 is 0 Å². The summed E-state index contributed by atoms with van der Waals surface area (Å²) in [5, 5.41) is 30.9. The zero-order valence-electron chi connectivity index (χ0n) is 47.3. The first-order valence-corrected chi connectivity index (χ1v) is 31.6. The fraction of sp³-hybridized carbons (Fsp3) is 0.790. The van der Waals surface area contributed by atoms with Gasteiger partial charge in [0.25, 0.3) is 0 Å². The van der Waals surface area contributed by atoms with E-state index in [1.807, 2.05) is 0 Å². The van der Waals surface area contributed by atoms with Crippen molar-refractivity contribution >= 4 is 16.4 Å². The molecule has 0 saturated carbocycles. The van der Waals surface area contributed by atoms with E-state index in [2.05, 4.69) is 90.9 Å². The Bertz CT molecular complexity index is 1580. The molecule has 1 heterocycles. The van der Waals surface area contributed by atoms with E-state index in [4.69, 9.17) is 18.9 Å². The summed E-state index contributed by atoms with van der Waals surface area (Å²) < 4.78 is 59.5. The fourth-order valence-electron chi connectivity index (χ4n) is 9.09. The highest BCUT2D eigenvalue weighted by Crippen LogP contribution is 2.26. The molecule has 75 heavy (non-hydrogen) atoms. The minimum Gasteiger partial charge on any atom is -0.457 e. The van der Waals surface area contributed by atoms with Crippen LogP contribution in [-0.2, 0) is 38.3 Å². The molecule has 0 amide bonds. The van der Waals surface area contributed by atoms with E-state index in [-0.39, 0.29) is 19.6 Å². The monoisotopic (exact) mass is 1080 g/mol. The smallest absolute Gasteiger partial charge is 0.397 e. The molecule has 1 rings (SSSR count). The van der Waals surface area contributed by atoms with Crippen LogP contribution in [0.5, 0.6) is 0 Å². The maximum atomic E-state index is 13.0. The summed E-state index contributed by atoms with van der Waals surface area (Å²) in [4.78, 5) is 13.0. The normalized spacial score (nSPS) is 19.1. The molecule has 4 N–H and O–H groups in total. The number of hydrogen-bond acceptors (Lipinski definition) is 11. The molecule has 13 heteroatoms. The van der Waals surface area contributed by atoms with Gasteiger partial charge in [0.2, 0.25) is 0 Å². The number of carbonyl (C=O) groups excluding carboxylic acids is 1. The van der Waals surface area contributed by atoms with Gasteiger partial charge in [-0.1, -0.05) is 254 Å². The summed E-state index contributed by atoms with van der Waals surface area (Å²) in [6.07, 6.45) is 60.8. The van der Waals surface area contributed by atoms with Crippen molar-refractivity contribution in [2.75, 3.05) is 26.4 Å². The Kier molecular flexibility index (Phi) is 49.2. The number of allylic oxidation sites excluding steroid dienone is 12. The molecule has 0 aromatic rings.